The molecule has 42 heavy (non-hydrogen) atoms. The highest BCUT2D eigenvalue weighted by Gasteiger charge is 2.26. The number of carbonyl (C=O) groups is 1. The molecule has 0 radical (unpaired) electrons. The summed E-state index contributed by atoms with van der Waals surface area (Å²) in [7, 11) is 0. The minimum Gasteiger partial charge on any atom is -0.488 e. The maximum Gasteiger partial charge on any atom is 0.354 e. The molecule has 0 saturated carbocycles. The first-order valence-electron chi connectivity index (χ1n) is 14.5. The number of nitrogens with one attached hydrogen (secondary N) is 1. The Kier molecular flexibility index (Phi) is 8.43. The number of hydrogen-bond donors (Lipinski definition) is 2. The van der Waals surface area contributed by atoms with Crippen molar-refractivity contribution in [3.05, 3.63) is 137 Å². The lowest BCUT2D eigenvalue weighted by atomic mass is 9.94. The summed E-state index contributed by atoms with van der Waals surface area (Å²) in [6, 6.07) is 34.0. The van der Waals surface area contributed by atoms with Gasteiger partial charge in [0, 0.05) is 23.4 Å². The van der Waals surface area contributed by atoms with Gasteiger partial charge in [-0.05, 0) is 53.8 Å². The van der Waals surface area contributed by atoms with E-state index in [4.69, 9.17) is 14.5 Å². The van der Waals surface area contributed by atoms with Crippen LogP contribution < -0.4 is 14.8 Å². The Morgan fingerprint density at radius 2 is 1.43 bits per heavy atom. The molecule has 1 unspecified atom stereocenters. The lowest BCUT2D eigenvalue weighted by Crippen LogP contribution is -2.26. The summed E-state index contributed by atoms with van der Waals surface area (Å²) in [5.74, 6) is -0.0104. The minimum absolute atomic E-state index is 0.0254. The summed E-state index contributed by atoms with van der Waals surface area (Å²) in [4.78, 5) is 17.5. The number of nitrogens with zero attached hydrogens (tertiary/aromatic N) is 1. The van der Waals surface area contributed by atoms with Crippen LogP contribution in [0.1, 0.15) is 63.6 Å². The van der Waals surface area contributed by atoms with Gasteiger partial charge in [0.15, 0.2) is 5.69 Å². The highest BCUT2D eigenvalue weighted by molar-refractivity contribution is 5.98. The fourth-order valence-electron chi connectivity index (χ4n) is 5.59. The van der Waals surface area contributed by atoms with E-state index in [0.717, 1.165) is 53.4 Å². The van der Waals surface area contributed by atoms with E-state index in [1.54, 1.807) is 0 Å². The summed E-state index contributed by atoms with van der Waals surface area (Å²) in [5.41, 5.74) is 5.11. The fraction of sp³-hybridized carbons (Fsp3) is 0.222. The molecule has 6 heteroatoms. The van der Waals surface area contributed by atoms with Crippen LogP contribution in [-0.4, -0.2) is 22.6 Å². The van der Waals surface area contributed by atoms with Crippen LogP contribution in [0.5, 0.6) is 11.5 Å². The number of pyridine rings is 1. The molecule has 0 amide bonds. The van der Waals surface area contributed by atoms with Gasteiger partial charge in [-0.1, -0.05) is 97.4 Å². The molecule has 0 spiro atoms. The van der Waals surface area contributed by atoms with E-state index in [2.05, 4.69) is 11.4 Å². The van der Waals surface area contributed by atoms with Gasteiger partial charge in [0.05, 0.1) is 0 Å². The zero-order valence-electron chi connectivity index (χ0n) is 23.5. The monoisotopic (exact) mass is 558 g/mol. The maximum atomic E-state index is 12.7. The van der Waals surface area contributed by atoms with Gasteiger partial charge >= 0.3 is 5.97 Å². The maximum absolute atomic E-state index is 12.7. The van der Waals surface area contributed by atoms with Crippen LogP contribution >= 0.6 is 0 Å². The average molecular weight is 559 g/mol. The second-order valence-corrected chi connectivity index (χ2v) is 10.7. The van der Waals surface area contributed by atoms with Crippen LogP contribution in [-0.2, 0) is 19.6 Å². The number of hydrogen-bond acceptors (Lipinski definition) is 5. The number of aromatic nitrogens is 1. The lowest BCUT2D eigenvalue weighted by molar-refractivity contribution is 0.0689. The van der Waals surface area contributed by atoms with Crippen LogP contribution in [0.15, 0.2) is 103 Å². The number of carboxylic acids is 1. The van der Waals surface area contributed by atoms with Crippen LogP contribution in [0.25, 0.3) is 10.9 Å². The van der Waals surface area contributed by atoms with Crippen LogP contribution in [0, 0.1) is 0 Å². The molecule has 2 N–H and O–H groups in total. The Morgan fingerprint density at radius 3 is 2.02 bits per heavy atom. The number of piperidine rings is 1. The summed E-state index contributed by atoms with van der Waals surface area (Å²) in [6.45, 7) is 1.59. The Hall–Kier alpha value is -4.68. The molecule has 1 fully saturated rings. The van der Waals surface area contributed by atoms with Crippen molar-refractivity contribution in [3.63, 3.8) is 0 Å². The smallest absolute Gasteiger partial charge is 0.354 e. The van der Waals surface area contributed by atoms with E-state index in [1.165, 1.54) is 0 Å². The summed E-state index contributed by atoms with van der Waals surface area (Å²) in [6.07, 6.45) is 3.68. The molecule has 0 aliphatic carbocycles. The van der Waals surface area contributed by atoms with Gasteiger partial charge in [0.25, 0.3) is 0 Å². The van der Waals surface area contributed by atoms with Crippen molar-refractivity contribution in [2.24, 2.45) is 0 Å². The molecule has 1 aromatic heterocycles. The molecule has 1 aliphatic heterocycles. The van der Waals surface area contributed by atoms with Crippen molar-refractivity contribution < 1.29 is 19.4 Å². The largest absolute Gasteiger partial charge is 0.488 e. The molecule has 0 bridgehead atoms. The first-order chi connectivity index (χ1) is 20.7. The van der Waals surface area contributed by atoms with Crippen molar-refractivity contribution in [2.45, 2.75) is 44.9 Å². The van der Waals surface area contributed by atoms with Crippen LogP contribution in [0.2, 0.25) is 0 Å². The number of ether oxygens (including phenoxy) is 2. The van der Waals surface area contributed by atoms with Gasteiger partial charge < -0.3 is 19.9 Å². The van der Waals surface area contributed by atoms with E-state index in [9.17, 15) is 9.90 Å². The minimum atomic E-state index is -1.10. The molecule has 1 aliphatic rings. The third-order valence-electron chi connectivity index (χ3n) is 7.73. The molecular weight excluding hydrogens is 524 g/mol. The standard InChI is InChI=1S/C36H34N2O4/c39-36(40)34-29(20-25-12-4-1-5-13-25)35(42-24-27-16-8-3-9-17-27)30-21-28(31-18-10-11-19-37-31)22-32(33(30)38-34)41-23-26-14-6-2-7-15-26/h1-9,12-17,21-22,31,37H,10-11,18-20,23-24H2,(H,39,40). The molecule has 6 nitrogen and oxygen atoms in total. The van der Waals surface area contributed by atoms with E-state index >= 15 is 0 Å². The van der Waals surface area contributed by atoms with Crippen molar-refractivity contribution in [1.82, 2.24) is 10.3 Å². The average Bonchev–Trinajstić information content (AvgIpc) is 3.04. The molecular formula is C36H34N2O4. The van der Waals surface area contributed by atoms with Gasteiger partial charge in [-0.15, -0.1) is 0 Å². The van der Waals surface area contributed by atoms with Crippen LogP contribution in [0.3, 0.4) is 0 Å². The van der Waals surface area contributed by atoms with E-state index in [-0.39, 0.29) is 11.7 Å². The van der Waals surface area contributed by atoms with Gasteiger partial charge in [0.2, 0.25) is 0 Å². The molecule has 212 valence electrons. The van der Waals surface area contributed by atoms with Crippen molar-refractivity contribution >= 4 is 16.9 Å². The Bertz CT molecular complexity index is 1650. The highest BCUT2D eigenvalue weighted by Crippen LogP contribution is 2.40. The number of fused-ring (bicyclic) bond motifs is 1. The Labute approximate surface area is 246 Å². The molecule has 2 heterocycles. The van der Waals surface area contributed by atoms with Gasteiger partial charge in [-0.3, -0.25) is 0 Å². The van der Waals surface area contributed by atoms with Crippen molar-refractivity contribution in [3.8, 4) is 11.5 Å². The summed E-state index contributed by atoms with van der Waals surface area (Å²) >= 11 is 0. The predicted molar refractivity (Wildman–Crippen MR) is 164 cm³/mol. The quantitative estimate of drug-likeness (QED) is 0.185. The van der Waals surface area contributed by atoms with Crippen LogP contribution in [0.4, 0.5) is 0 Å². The zero-order valence-corrected chi connectivity index (χ0v) is 23.5. The van der Waals surface area contributed by atoms with Gasteiger partial charge in [-0.2, -0.15) is 0 Å². The molecule has 4 aromatic carbocycles. The zero-order chi connectivity index (χ0) is 28.7. The Balaban J connectivity index is 1.54. The number of carboxylic acid groups (broad SMARTS) is 1. The van der Waals surface area contributed by atoms with E-state index in [0.29, 0.717) is 42.2 Å². The molecule has 1 saturated heterocycles. The summed E-state index contributed by atoms with van der Waals surface area (Å²) < 4.78 is 13.0. The normalized spacial score (nSPS) is 14.9. The summed E-state index contributed by atoms with van der Waals surface area (Å²) in [5, 5.41) is 14.8. The second-order valence-electron chi connectivity index (χ2n) is 10.7. The molecule has 1 atom stereocenters. The number of aromatic carboxylic acids is 1. The van der Waals surface area contributed by atoms with Crippen molar-refractivity contribution in [2.75, 3.05) is 6.54 Å². The predicted octanol–water partition coefficient (Wildman–Crippen LogP) is 7.50. The third kappa shape index (κ3) is 6.29. The number of benzene rings is 4. The van der Waals surface area contributed by atoms with Gasteiger partial charge in [0.1, 0.15) is 30.2 Å². The van der Waals surface area contributed by atoms with E-state index < -0.39 is 5.97 Å². The third-order valence-corrected chi connectivity index (χ3v) is 7.73. The lowest BCUT2D eigenvalue weighted by Gasteiger charge is -2.26. The fourth-order valence-corrected chi connectivity index (χ4v) is 5.59. The first kappa shape index (κ1) is 27.5. The SMILES string of the molecule is O=C(O)c1nc2c(OCc3ccccc3)cc(C3CCCCN3)cc2c(OCc2ccccc2)c1Cc1ccccc1. The van der Waals surface area contributed by atoms with Crippen molar-refractivity contribution in [1.29, 1.82) is 0 Å². The van der Waals surface area contributed by atoms with E-state index in [1.807, 2.05) is 97.1 Å². The van der Waals surface area contributed by atoms with Gasteiger partial charge in [-0.25, -0.2) is 9.78 Å². The Morgan fingerprint density at radius 1 is 0.810 bits per heavy atom. The highest BCUT2D eigenvalue weighted by atomic mass is 16.5. The topological polar surface area (TPSA) is 80.7 Å². The number of rotatable bonds is 10. The molecule has 6 rings (SSSR count). The second kappa shape index (κ2) is 12.9. The first-order valence-corrected chi connectivity index (χ1v) is 14.5. The molecule has 5 aromatic rings.